The van der Waals surface area contributed by atoms with Gasteiger partial charge in [0.2, 0.25) is 0 Å². The van der Waals surface area contributed by atoms with Gasteiger partial charge in [-0.3, -0.25) is 4.68 Å². The third-order valence-electron chi connectivity index (χ3n) is 1.95. The summed E-state index contributed by atoms with van der Waals surface area (Å²) < 4.78 is 1.73. The first-order valence-electron chi connectivity index (χ1n) is 5.68. The molecule has 0 aliphatic heterocycles. The van der Waals surface area contributed by atoms with Gasteiger partial charge >= 0.3 is 0 Å². The molecule has 0 saturated carbocycles. The molecule has 17 heavy (non-hydrogen) atoms. The van der Waals surface area contributed by atoms with Crippen molar-refractivity contribution in [2.24, 2.45) is 7.05 Å². The van der Waals surface area contributed by atoms with Crippen LogP contribution in [0.1, 0.15) is 30.8 Å². The third-order valence-corrected chi connectivity index (χ3v) is 1.95. The molecule has 0 bridgehead atoms. The number of aryl methyl sites for hydroxylation is 2. The summed E-state index contributed by atoms with van der Waals surface area (Å²) in [6, 6.07) is 5.78. The fourth-order valence-corrected chi connectivity index (χ4v) is 1.21. The predicted octanol–water partition coefficient (Wildman–Crippen LogP) is 2.55. The van der Waals surface area contributed by atoms with E-state index in [1.165, 1.54) is 0 Å². The Morgan fingerprint density at radius 1 is 1.12 bits per heavy atom. The second-order valence-electron chi connectivity index (χ2n) is 3.34. The standard InChI is InChI=1S/C12H11N3.C2H6/c1-10-5-7-13-12(9-10)4-3-11-6-8-15(2)14-11;1-2/h5-9H,1-2H3;1-2H3. The molecule has 2 heterocycles. The molecule has 0 aliphatic rings. The highest BCUT2D eigenvalue weighted by molar-refractivity contribution is 5.36. The molecule has 2 aromatic rings. The second-order valence-corrected chi connectivity index (χ2v) is 3.34. The van der Waals surface area contributed by atoms with Gasteiger partial charge in [-0.15, -0.1) is 0 Å². The van der Waals surface area contributed by atoms with Crippen LogP contribution in [0.2, 0.25) is 0 Å². The Labute approximate surface area is 103 Å². The normalized spacial score (nSPS) is 8.71. The molecule has 0 radical (unpaired) electrons. The summed E-state index contributed by atoms with van der Waals surface area (Å²) in [5.41, 5.74) is 2.71. The summed E-state index contributed by atoms with van der Waals surface area (Å²) in [6.07, 6.45) is 3.63. The summed E-state index contributed by atoms with van der Waals surface area (Å²) in [5.74, 6) is 5.94. The number of hydrogen-bond acceptors (Lipinski definition) is 2. The Morgan fingerprint density at radius 2 is 1.82 bits per heavy atom. The van der Waals surface area contributed by atoms with Gasteiger partial charge in [0.15, 0.2) is 0 Å². The van der Waals surface area contributed by atoms with Gasteiger partial charge in [-0.25, -0.2) is 4.98 Å². The Hall–Kier alpha value is -2.08. The first-order valence-corrected chi connectivity index (χ1v) is 5.68. The van der Waals surface area contributed by atoms with Crippen molar-refractivity contribution in [1.82, 2.24) is 14.8 Å². The second kappa shape index (κ2) is 6.49. The van der Waals surface area contributed by atoms with Crippen LogP contribution in [0.25, 0.3) is 0 Å². The maximum atomic E-state index is 4.16. The van der Waals surface area contributed by atoms with Crippen LogP contribution in [0.5, 0.6) is 0 Å². The van der Waals surface area contributed by atoms with Crippen molar-refractivity contribution >= 4 is 0 Å². The Balaban J connectivity index is 0.000000686. The van der Waals surface area contributed by atoms with E-state index in [1.54, 1.807) is 10.9 Å². The number of rotatable bonds is 0. The van der Waals surface area contributed by atoms with E-state index < -0.39 is 0 Å². The highest BCUT2D eigenvalue weighted by Gasteiger charge is 1.91. The van der Waals surface area contributed by atoms with Gasteiger partial charge < -0.3 is 0 Å². The van der Waals surface area contributed by atoms with E-state index in [0.717, 1.165) is 17.0 Å². The lowest BCUT2D eigenvalue weighted by atomic mass is 10.2. The molecule has 2 rings (SSSR count). The van der Waals surface area contributed by atoms with E-state index in [1.807, 2.05) is 52.2 Å². The van der Waals surface area contributed by atoms with Crippen molar-refractivity contribution in [1.29, 1.82) is 0 Å². The molecule has 0 atom stereocenters. The zero-order valence-corrected chi connectivity index (χ0v) is 10.7. The van der Waals surface area contributed by atoms with Gasteiger partial charge in [0.05, 0.1) is 0 Å². The first-order chi connectivity index (χ1) is 8.24. The van der Waals surface area contributed by atoms with Crippen molar-refractivity contribution in [3.8, 4) is 11.8 Å². The number of pyridine rings is 1. The summed E-state index contributed by atoms with van der Waals surface area (Å²) in [5, 5.41) is 4.16. The fourth-order valence-electron chi connectivity index (χ4n) is 1.21. The van der Waals surface area contributed by atoms with Crippen LogP contribution in [0, 0.1) is 18.8 Å². The Morgan fingerprint density at radius 3 is 2.41 bits per heavy atom. The van der Waals surface area contributed by atoms with Crippen molar-refractivity contribution in [2.75, 3.05) is 0 Å². The molecule has 0 spiro atoms. The molecule has 0 amide bonds. The molecule has 3 nitrogen and oxygen atoms in total. The lowest BCUT2D eigenvalue weighted by Gasteiger charge is -1.90. The van der Waals surface area contributed by atoms with Gasteiger partial charge in [-0.1, -0.05) is 13.8 Å². The molecule has 0 N–H and O–H groups in total. The van der Waals surface area contributed by atoms with Crippen LogP contribution in [-0.4, -0.2) is 14.8 Å². The minimum atomic E-state index is 0.765. The summed E-state index contributed by atoms with van der Waals surface area (Å²) in [7, 11) is 1.87. The maximum Gasteiger partial charge on any atom is 0.135 e. The SMILES string of the molecule is CC.Cc1ccnc(C#Cc2ccn(C)n2)c1. The molecule has 0 aliphatic carbocycles. The van der Waals surface area contributed by atoms with Crippen LogP contribution in [0.3, 0.4) is 0 Å². The number of aromatic nitrogens is 3. The van der Waals surface area contributed by atoms with Crippen LogP contribution in [0.15, 0.2) is 30.6 Å². The van der Waals surface area contributed by atoms with Gasteiger partial charge in [-0.2, -0.15) is 5.10 Å². The van der Waals surface area contributed by atoms with Crippen LogP contribution in [0.4, 0.5) is 0 Å². The van der Waals surface area contributed by atoms with E-state index in [-0.39, 0.29) is 0 Å². The minimum absolute atomic E-state index is 0.765. The zero-order chi connectivity index (χ0) is 12.7. The summed E-state index contributed by atoms with van der Waals surface area (Å²) in [4.78, 5) is 4.15. The van der Waals surface area contributed by atoms with Gasteiger partial charge in [0.25, 0.3) is 0 Å². The minimum Gasteiger partial charge on any atom is -0.275 e. The van der Waals surface area contributed by atoms with E-state index >= 15 is 0 Å². The van der Waals surface area contributed by atoms with E-state index in [0.29, 0.717) is 0 Å². The number of hydrogen-bond donors (Lipinski definition) is 0. The number of nitrogens with zero attached hydrogens (tertiary/aromatic N) is 3. The molecular formula is C14H17N3. The zero-order valence-electron chi connectivity index (χ0n) is 10.7. The lowest BCUT2D eigenvalue weighted by molar-refractivity contribution is 0.764. The highest BCUT2D eigenvalue weighted by atomic mass is 15.2. The molecule has 0 unspecified atom stereocenters. The van der Waals surface area contributed by atoms with Gasteiger partial charge in [-0.05, 0) is 42.5 Å². The average Bonchev–Trinajstić information content (AvgIpc) is 2.75. The Kier molecular flexibility index (Phi) is 4.96. The van der Waals surface area contributed by atoms with Gasteiger partial charge in [0.1, 0.15) is 11.4 Å². The van der Waals surface area contributed by atoms with Crippen LogP contribution < -0.4 is 0 Å². The molecule has 0 saturated heterocycles. The third kappa shape index (κ3) is 4.12. The Bertz CT molecular complexity index is 530. The molecule has 0 aromatic carbocycles. The van der Waals surface area contributed by atoms with Crippen LogP contribution in [-0.2, 0) is 7.05 Å². The van der Waals surface area contributed by atoms with Crippen molar-refractivity contribution in [2.45, 2.75) is 20.8 Å². The fraction of sp³-hybridized carbons (Fsp3) is 0.286. The smallest absolute Gasteiger partial charge is 0.135 e. The van der Waals surface area contributed by atoms with E-state index in [9.17, 15) is 0 Å². The topological polar surface area (TPSA) is 30.7 Å². The lowest BCUT2D eigenvalue weighted by Crippen LogP contribution is -1.87. The molecule has 88 valence electrons. The molecule has 0 fully saturated rings. The first kappa shape index (κ1) is 13.0. The summed E-state index contributed by atoms with van der Waals surface area (Å²) in [6.45, 7) is 6.02. The van der Waals surface area contributed by atoms with Gasteiger partial charge in [0, 0.05) is 19.4 Å². The van der Waals surface area contributed by atoms with E-state index in [4.69, 9.17) is 0 Å². The molecule has 2 aromatic heterocycles. The van der Waals surface area contributed by atoms with E-state index in [2.05, 4.69) is 21.9 Å². The van der Waals surface area contributed by atoms with Crippen molar-refractivity contribution in [3.63, 3.8) is 0 Å². The predicted molar refractivity (Wildman–Crippen MR) is 69.5 cm³/mol. The van der Waals surface area contributed by atoms with Crippen molar-refractivity contribution in [3.05, 3.63) is 47.5 Å². The maximum absolute atomic E-state index is 4.16. The molecule has 3 heteroatoms. The highest BCUT2D eigenvalue weighted by Crippen LogP contribution is 1.98. The van der Waals surface area contributed by atoms with Crippen molar-refractivity contribution < 1.29 is 0 Å². The molecular weight excluding hydrogens is 210 g/mol. The largest absolute Gasteiger partial charge is 0.275 e. The average molecular weight is 227 g/mol. The van der Waals surface area contributed by atoms with Crippen LogP contribution >= 0.6 is 0 Å². The quantitative estimate of drug-likeness (QED) is 0.647. The summed E-state index contributed by atoms with van der Waals surface area (Å²) >= 11 is 0. The monoisotopic (exact) mass is 227 g/mol.